The van der Waals surface area contributed by atoms with Crippen LogP contribution in [0.5, 0.6) is 0 Å². The molecule has 0 aromatic carbocycles. The third kappa shape index (κ3) is 5.04. The van der Waals surface area contributed by atoms with E-state index in [1.54, 1.807) is 0 Å². The lowest BCUT2D eigenvalue weighted by molar-refractivity contribution is 0.450. The maximum Gasteiger partial charge on any atom is 0.177 e. The third-order valence-electron chi connectivity index (χ3n) is 0.198. The molecule has 0 heterocycles. The normalized spacial score (nSPS) is 10.0. The van der Waals surface area contributed by atoms with Crippen LogP contribution in [0.25, 0.3) is 0 Å². The summed E-state index contributed by atoms with van der Waals surface area (Å²) < 4.78 is 5.23. The predicted molar refractivity (Wildman–Crippen MR) is 35.3 cm³/mol. The lowest BCUT2D eigenvalue weighted by Crippen LogP contribution is -1.99. The molecular formula is CH6IN2OP. The molecule has 0 saturated heterocycles. The van der Waals surface area contributed by atoms with Gasteiger partial charge in [-0.25, -0.2) is 0 Å². The fourth-order valence-electron chi connectivity index (χ4n) is 0.0563. The lowest BCUT2D eigenvalue weighted by atomic mass is 11.8. The third-order valence-corrected chi connectivity index (χ3v) is 1.43. The van der Waals surface area contributed by atoms with E-state index in [0.717, 1.165) is 0 Å². The molecule has 0 aliphatic carbocycles. The van der Waals surface area contributed by atoms with Crippen LogP contribution >= 0.6 is 31.0 Å². The average molecular weight is 220 g/mol. The topological polar surface area (TPSA) is 61.3 Å². The Morgan fingerprint density at radius 2 is 2.17 bits per heavy atom. The smallest absolute Gasteiger partial charge is 0.177 e. The minimum Gasteiger partial charge on any atom is -0.321 e. The van der Waals surface area contributed by atoms with Crippen LogP contribution in [0.15, 0.2) is 0 Å². The van der Waals surface area contributed by atoms with Crippen LogP contribution in [-0.4, -0.2) is 4.61 Å². The molecule has 3 nitrogen and oxygen atoms in total. The first-order valence-electron chi connectivity index (χ1n) is 1.25. The minimum atomic E-state index is -1.11. The lowest BCUT2D eigenvalue weighted by Gasteiger charge is -1.98. The Hall–Kier alpha value is 1.04. The van der Waals surface area contributed by atoms with Gasteiger partial charge in [-0.15, -0.1) is 0 Å². The Morgan fingerprint density at radius 3 is 2.17 bits per heavy atom. The second-order valence-corrected chi connectivity index (χ2v) is 2.20. The molecule has 0 saturated carbocycles. The van der Waals surface area contributed by atoms with Gasteiger partial charge < -0.3 is 4.52 Å². The largest absolute Gasteiger partial charge is 0.321 e. The maximum atomic E-state index is 5.02. The summed E-state index contributed by atoms with van der Waals surface area (Å²) in [6, 6.07) is 0. The standard InChI is InChI=1S/CH6IN2OP/c2-1-5-6(3)4/h1,3-4H2. The molecule has 0 aliphatic heterocycles. The first kappa shape index (κ1) is 7.04. The predicted octanol–water partition coefficient (Wildman–Crippen LogP) is 0.540. The molecule has 38 valence electrons. The zero-order valence-corrected chi connectivity index (χ0v) is 6.15. The summed E-state index contributed by atoms with van der Waals surface area (Å²) in [5.41, 5.74) is 10.0. The van der Waals surface area contributed by atoms with E-state index in [9.17, 15) is 0 Å². The highest BCUT2D eigenvalue weighted by molar-refractivity contribution is 14.1. The summed E-state index contributed by atoms with van der Waals surface area (Å²) in [6.07, 6.45) is 0. The molecular weight excluding hydrogens is 214 g/mol. The highest BCUT2D eigenvalue weighted by Gasteiger charge is 1.86. The average Bonchev–Trinajstić information content (AvgIpc) is 1.35. The number of halogens is 1. The fraction of sp³-hybridized carbons (Fsp3) is 1.00. The molecule has 0 radical (unpaired) electrons. The van der Waals surface area contributed by atoms with E-state index < -0.39 is 8.45 Å². The summed E-state index contributed by atoms with van der Waals surface area (Å²) in [5.74, 6) is 0. The van der Waals surface area contributed by atoms with Gasteiger partial charge in [0.2, 0.25) is 0 Å². The number of nitrogens with two attached hydrogens (primary N) is 2. The van der Waals surface area contributed by atoms with Gasteiger partial charge >= 0.3 is 0 Å². The van der Waals surface area contributed by atoms with E-state index in [-0.39, 0.29) is 0 Å². The SMILES string of the molecule is NP(N)OCI. The zero-order valence-electron chi connectivity index (χ0n) is 3.10. The first-order chi connectivity index (χ1) is 2.77. The Balaban J connectivity index is 2.63. The summed E-state index contributed by atoms with van der Waals surface area (Å²) in [5, 5.41) is 0. The van der Waals surface area contributed by atoms with Crippen molar-refractivity contribution in [1.82, 2.24) is 0 Å². The van der Waals surface area contributed by atoms with Crippen LogP contribution in [0.1, 0.15) is 0 Å². The number of alkyl halides is 1. The van der Waals surface area contributed by atoms with E-state index in [2.05, 4.69) is 4.52 Å². The molecule has 0 aromatic rings. The van der Waals surface area contributed by atoms with Gasteiger partial charge in [0.05, 0.1) is 0 Å². The molecule has 0 aliphatic rings. The molecule has 0 unspecified atom stereocenters. The highest BCUT2D eigenvalue weighted by Crippen LogP contribution is 2.14. The van der Waals surface area contributed by atoms with Gasteiger partial charge in [-0.2, -0.15) is 0 Å². The van der Waals surface area contributed by atoms with Crippen molar-refractivity contribution < 1.29 is 4.52 Å². The molecule has 4 N–H and O–H groups in total. The van der Waals surface area contributed by atoms with Crippen LogP contribution in [0.4, 0.5) is 0 Å². The van der Waals surface area contributed by atoms with Crippen molar-refractivity contribution in [3.05, 3.63) is 0 Å². The van der Waals surface area contributed by atoms with E-state index in [1.165, 1.54) is 0 Å². The van der Waals surface area contributed by atoms with Crippen molar-refractivity contribution in [1.29, 1.82) is 0 Å². The van der Waals surface area contributed by atoms with Gasteiger partial charge in [0.1, 0.15) is 4.61 Å². The van der Waals surface area contributed by atoms with E-state index >= 15 is 0 Å². The van der Waals surface area contributed by atoms with Crippen molar-refractivity contribution in [3.63, 3.8) is 0 Å². The molecule has 0 amide bonds. The Kier molecular flexibility index (Phi) is 4.93. The van der Waals surface area contributed by atoms with E-state index in [4.69, 9.17) is 11.0 Å². The Labute approximate surface area is 51.5 Å². The molecule has 0 atom stereocenters. The monoisotopic (exact) mass is 220 g/mol. The van der Waals surface area contributed by atoms with E-state index in [0.29, 0.717) is 4.61 Å². The van der Waals surface area contributed by atoms with Gasteiger partial charge in [-0.1, -0.05) is 22.6 Å². The van der Waals surface area contributed by atoms with Gasteiger partial charge in [-0.3, -0.25) is 11.0 Å². The first-order valence-corrected chi connectivity index (χ1v) is 4.18. The number of rotatable bonds is 2. The van der Waals surface area contributed by atoms with Crippen molar-refractivity contribution in [2.45, 2.75) is 0 Å². The molecule has 0 spiro atoms. The Morgan fingerprint density at radius 1 is 1.67 bits per heavy atom. The van der Waals surface area contributed by atoms with Crippen LogP contribution in [0.3, 0.4) is 0 Å². The van der Waals surface area contributed by atoms with Crippen molar-refractivity contribution in [2.24, 2.45) is 11.0 Å². The van der Waals surface area contributed by atoms with E-state index in [1.807, 2.05) is 22.6 Å². The summed E-state index contributed by atoms with van der Waals surface area (Å²) in [6.45, 7) is 0. The fourth-order valence-corrected chi connectivity index (χ4v) is 1.13. The van der Waals surface area contributed by atoms with Crippen molar-refractivity contribution >= 4 is 31.0 Å². The quantitative estimate of drug-likeness (QED) is 0.405. The molecule has 6 heavy (non-hydrogen) atoms. The summed E-state index contributed by atoms with van der Waals surface area (Å²) in [7, 11) is -1.11. The van der Waals surface area contributed by atoms with Crippen molar-refractivity contribution in [3.8, 4) is 0 Å². The van der Waals surface area contributed by atoms with Crippen LogP contribution < -0.4 is 11.0 Å². The number of hydrogen-bond donors (Lipinski definition) is 2. The van der Waals surface area contributed by atoms with Gasteiger partial charge in [-0.05, 0) is 0 Å². The maximum absolute atomic E-state index is 5.02. The summed E-state index contributed by atoms with van der Waals surface area (Å²) >= 11 is 2.04. The molecule has 0 bridgehead atoms. The van der Waals surface area contributed by atoms with Crippen molar-refractivity contribution in [2.75, 3.05) is 4.61 Å². The van der Waals surface area contributed by atoms with Gasteiger partial charge in [0.25, 0.3) is 0 Å². The minimum absolute atomic E-state index is 0.580. The molecule has 0 aromatic heterocycles. The summed E-state index contributed by atoms with van der Waals surface area (Å²) in [4.78, 5) is 0. The molecule has 0 rings (SSSR count). The number of hydrogen-bond acceptors (Lipinski definition) is 3. The van der Waals surface area contributed by atoms with Gasteiger partial charge in [0.15, 0.2) is 8.45 Å². The van der Waals surface area contributed by atoms with Crippen LogP contribution in [0.2, 0.25) is 0 Å². The second-order valence-electron chi connectivity index (χ2n) is 0.598. The second kappa shape index (κ2) is 4.21. The molecule has 5 heteroatoms. The van der Waals surface area contributed by atoms with Crippen LogP contribution in [0, 0.1) is 0 Å². The highest BCUT2D eigenvalue weighted by atomic mass is 127. The van der Waals surface area contributed by atoms with Crippen LogP contribution in [-0.2, 0) is 4.52 Å². The molecule has 0 fully saturated rings. The zero-order chi connectivity index (χ0) is 4.99. The Bertz CT molecular complexity index is 34.7. The van der Waals surface area contributed by atoms with Gasteiger partial charge in [0, 0.05) is 0 Å².